The van der Waals surface area contributed by atoms with Crippen LogP contribution in [0.1, 0.15) is 38.0 Å². The Labute approximate surface area is 132 Å². The Hall–Kier alpha value is -1.73. The molecule has 3 rings (SSSR count). The molecule has 0 saturated heterocycles. The molecule has 2 unspecified atom stereocenters. The van der Waals surface area contributed by atoms with Crippen LogP contribution >= 0.6 is 11.3 Å². The zero-order valence-corrected chi connectivity index (χ0v) is 13.0. The second-order valence-electron chi connectivity index (χ2n) is 5.51. The molecule has 1 fully saturated rings. The van der Waals surface area contributed by atoms with Gasteiger partial charge in [0.2, 0.25) is 17.6 Å². The molecule has 2 aromatic heterocycles. The number of aromatic nitrogens is 2. The fourth-order valence-corrected chi connectivity index (χ4v) is 3.29. The largest absolute Gasteiger partial charge is 0.391 e. The van der Waals surface area contributed by atoms with Crippen molar-refractivity contribution in [3.8, 4) is 10.7 Å². The third-order valence-corrected chi connectivity index (χ3v) is 4.72. The molecule has 7 heteroatoms. The monoisotopic (exact) mass is 321 g/mol. The predicted molar refractivity (Wildman–Crippen MR) is 82.3 cm³/mol. The lowest BCUT2D eigenvalue weighted by molar-refractivity contribution is -0.123. The second-order valence-corrected chi connectivity index (χ2v) is 6.46. The molecule has 118 valence electrons. The van der Waals surface area contributed by atoms with Gasteiger partial charge in [-0.3, -0.25) is 4.79 Å². The molecule has 0 aliphatic heterocycles. The van der Waals surface area contributed by atoms with E-state index < -0.39 is 6.10 Å². The number of nitrogens with one attached hydrogen (secondary N) is 1. The van der Waals surface area contributed by atoms with Gasteiger partial charge in [-0.2, -0.15) is 4.98 Å². The molecule has 0 radical (unpaired) electrons. The minimum atomic E-state index is -0.425. The number of amides is 1. The Balaban J connectivity index is 1.49. The van der Waals surface area contributed by atoms with Gasteiger partial charge in [0.25, 0.3) is 0 Å². The topological polar surface area (TPSA) is 88.2 Å². The smallest absolute Gasteiger partial charge is 0.227 e. The number of carbonyl (C=O) groups excluding carboxylic acids is 1. The first-order valence-corrected chi connectivity index (χ1v) is 8.44. The highest BCUT2D eigenvalue weighted by atomic mass is 32.1. The van der Waals surface area contributed by atoms with Gasteiger partial charge >= 0.3 is 0 Å². The first-order chi connectivity index (χ1) is 10.7. The summed E-state index contributed by atoms with van der Waals surface area (Å²) < 4.78 is 5.17. The molecule has 0 spiro atoms. The summed E-state index contributed by atoms with van der Waals surface area (Å²) in [6.07, 6.45) is 3.96. The van der Waals surface area contributed by atoms with Gasteiger partial charge in [0, 0.05) is 12.8 Å². The van der Waals surface area contributed by atoms with Crippen LogP contribution in [0.5, 0.6) is 0 Å². The Morgan fingerprint density at radius 2 is 2.32 bits per heavy atom. The van der Waals surface area contributed by atoms with Crippen LogP contribution in [0.25, 0.3) is 10.7 Å². The van der Waals surface area contributed by atoms with Crippen molar-refractivity contribution in [3.63, 3.8) is 0 Å². The fraction of sp³-hybridized carbons (Fsp3) is 0.533. The van der Waals surface area contributed by atoms with Crippen LogP contribution in [0.15, 0.2) is 22.0 Å². The number of aliphatic hydroxyl groups excluding tert-OH is 1. The van der Waals surface area contributed by atoms with Crippen molar-refractivity contribution in [1.29, 1.82) is 0 Å². The molecular weight excluding hydrogens is 302 g/mol. The van der Waals surface area contributed by atoms with Crippen LogP contribution < -0.4 is 5.32 Å². The van der Waals surface area contributed by atoms with E-state index in [-0.39, 0.29) is 18.4 Å². The minimum Gasteiger partial charge on any atom is -0.391 e. The molecule has 22 heavy (non-hydrogen) atoms. The van der Waals surface area contributed by atoms with E-state index in [9.17, 15) is 9.90 Å². The van der Waals surface area contributed by atoms with Gasteiger partial charge in [0.05, 0.1) is 17.0 Å². The summed E-state index contributed by atoms with van der Waals surface area (Å²) in [5.41, 5.74) is 0. The van der Waals surface area contributed by atoms with Gasteiger partial charge in [-0.15, -0.1) is 11.3 Å². The van der Waals surface area contributed by atoms with Crippen molar-refractivity contribution < 1.29 is 14.4 Å². The molecule has 1 aliphatic rings. The first kappa shape index (κ1) is 15.2. The van der Waals surface area contributed by atoms with Crippen molar-refractivity contribution in [1.82, 2.24) is 15.5 Å². The number of aryl methyl sites for hydroxylation is 1. The lowest BCUT2D eigenvalue weighted by atomic mass is 9.92. The molecule has 2 aromatic rings. The number of hydrogen-bond acceptors (Lipinski definition) is 6. The van der Waals surface area contributed by atoms with E-state index in [1.165, 1.54) is 0 Å². The fourth-order valence-electron chi connectivity index (χ4n) is 2.64. The highest BCUT2D eigenvalue weighted by Crippen LogP contribution is 2.21. The number of nitrogens with zero attached hydrogens (tertiary/aromatic N) is 2. The quantitative estimate of drug-likeness (QED) is 0.881. The normalized spacial score (nSPS) is 21.7. The lowest BCUT2D eigenvalue weighted by Gasteiger charge is -2.28. The molecule has 2 heterocycles. The van der Waals surface area contributed by atoms with Gasteiger partial charge in [0.15, 0.2) is 0 Å². The zero-order valence-electron chi connectivity index (χ0n) is 12.2. The molecule has 1 amide bonds. The van der Waals surface area contributed by atoms with E-state index in [4.69, 9.17) is 4.52 Å². The Morgan fingerprint density at radius 3 is 3.09 bits per heavy atom. The van der Waals surface area contributed by atoms with E-state index in [0.29, 0.717) is 18.1 Å². The van der Waals surface area contributed by atoms with Crippen LogP contribution in [-0.2, 0) is 11.2 Å². The van der Waals surface area contributed by atoms with E-state index in [2.05, 4.69) is 15.5 Å². The Kier molecular flexibility index (Phi) is 4.84. The van der Waals surface area contributed by atoms with Gasteiger partial charge in [-0.25, -0.2) is 0 Å². The van der Waals surface area contributed by atoms with Crippen molar-refractivity contribution in [3.05, 3.63) is 23.4 Å². The average molecular weight is 321 g/mol. The molecule has 6 nitrogen and oxygen atoms in total. The van der Waals surface area contributed by atoms with Crippen LogP contribution in [0, 0.1) is 0 Å². The number of carbonyl (C=O) groups is 1. The van der Waals surface area contributed by atoms with E-state index in [1.54, 1.807) is 11.3 Å². The summed E-state index contributed by atoms with van der Waals surface area (Å²) >= 11 is 1.55. The molecule has 2 N–H and O–H groups in total. The van der Waals surface area contributed by atoms with Crippen molar-refractivity contribution in [2.45, 2.75) is 50.7 Å². The summed E-state index contributed by atoms with van der Waals surface area (Å²) in [6.45, 7) is 0. The molecule has 0 aromatic carbocycles. The van der Waals surface area contributed by atoms with E-state index in [0.717, 1.165) is 30.6 Å². The zero-order chi connectivity index (χ0) is 15.4. The van der Waals surface area contributed by atoms with Gasteiger partial charge in [-0.1, -0.05) is 24.1 Å². The molecular formula is C15H19N3O3S. The minimum absolute atomic E-state index is 0.0816. The maximum atomic E-state index is 12.0. The van der Waals surface area contributed by atoms with E-state index >= 15 is 0 Å². The molecule has 0 bridgehead atoms. The summed E-state index contributed by atoms with van der Waals surface area (Å²) in [4.78, 5) is 17.2. The molecule has 2 atom stereocenters. The Morgan fingerprint density at radius 1 is 1.45 bits per heavy atom. The maximum absolute atomic E-state index is 12.0. The SMILES string of the molecule is O=C(CCc1nc(-c2cccs2)no1)NC1CCCCC1O. The van der Waals surface area contributed by atoms with Crippen molar-refractivity contribution >= 4 is 17.2 Å². The Bertz CT molecular complexity index is 611. The highest BCUT2D eigenvalue weighted by Gasteiger charge is 2.24. The number of hydrogen-bond donors (Lipinski definition) is 2. The summed E-state index contributed by atoms with van der Waals surface area (Å²) in [5, 5.41) is 18.6. The van der Waals surface area contributed by atoms with Crippen molar-refractivity contribution in [2.24, 2.45) is 0 Å². The van der Waals surface area contributed by atoms with E-state index in [1.807, 2.05) is 17.5 Å². The van der Waals surface area contributed by atoms with Gasteiger partial charge in [-0.05, 0) is 24.3 Å². The van der Waals surface area contributed by atoms with Crippen LogP contribution in [0.2, 0.25) is 0 Å². The summed E-state index contributed by atoms with van der Waals surface area (Å²) in [5.74, 6) is 0.942. The first-order valence-electron chi connectivity index (χ1n) is 7.56. The second kappa shape index (κ2) is 7.02. The number of aliphatic hydroxyl groups is 1. The standard InChI is InChI=1S/C15H19N3O3S/c19-11-5-2-1-4-10(11)16-13(20)7-8-14-17-15(18-21-14)12-6-3-9-22-12/h3,6,9-11,19H,1-2,4-5,7-8H2,(H,16,20). The number of rotatable bonds is 5. The van der Waals surface area contributed by atoms with Crippen LogP contribution in [-0.4, -0.2) is 33.3 Å². The predicted octanol–water partition coefficient (Wildman–Crippen LogP) is 2.15. The third kappa shape index (κ3) is 3.72. The maximum Gasteiger partial charge on any atom is 0.227 e. The van der Waals surface area contributed by atoms with Crippen LogP contribution in [0.3, 0.4) is 0 Å². The summed E-state index contributed by atoms with van der Waals surface area (Å²) in [7, 11) is 0. The lowest BCUT2D eigenvalue weighted by Crippen LogP contribution is -2.45. The van der Waals surface area contributed by atoms with Crippen LogP contribution in [0.4, 0.5) is 0 Å². The number of thiophene rings is 1. The van der Waals surface area contributed by atoms with Gasteiger partial charge < -0.3 is 14.9 Å². The van der Waals surface area contributed by atoms with Gasteiger partial charge in [0.1, 0.15) is 0 Å². The average Bonchev–Trinajstić information content (AvgIpc) is 3.18. The van der Waals surface area contributed by atoms with Crippen molar-refractivity contribution in [2.75, 3.05) is 0 Å². The third-order valence-electron chi connectivity index (χ3n) is 3.85. The molecule has 1 saturated carbocycles. The summed E-state index contributed by atoms with van der Waals surface area (Å²) in [6, 6.07) is 3.74. The highest BCUT2D eigenvalue weighted by molar-refractivity contribution is 7.13. The molecule has 1 aliphatic carbocycles.